The van der Waals surface area contributed by atoms with Crippen LogP contribution in [-0.2, 0) is 16.4 Å². The molecule has 0 aromatic carbocycles. The third kappa shape index (κ3) is 3.83. The summed E-state index contributed by atoms with van der Waals surface area (Å²) in [6, 6.07) is 2.59. The van der Waals surface area contributed by atoms with Crippen molar-refractivity contribution in [3.63, 3.8) is 0 Å². The van der Waals surface area contributed by atoms with Gasteiger partial charge in [-0.1, -0.05) is 12.8 Å². The van der Waals surface area contributed by atoms with Crippen LogP contribution < -0.4 is 5.32 Å². The highest BCUT2D eigenvalue weighted by Gasteiger charge is 2.40. The highest BCUT2D eigenvalue weighted by molar-refractivity contribution is 7.92. The van der Waals surface area contributed by atoms with Gasteiger partial charge in [0.2, 0.25) is 0 Å². The molecule has 1 aromatic rings. The number of hydrogen-bond acceptors (Lipinski definition) is 4. The van der Waals surface area contributed by atoms with Crippen LogP contribution in [0.15, 0.2) is 17.3 Å². The van der Waals surface area contributed by atoms with Gasteiger partial charge in [0.15, 0.2) is 15.8 Å². The van der Waals surface area contributed by atoms with E-state index in [1.165, 1.54) is 25.7 Å². The quantitative estimate of drug-likeness (QED) is 0.648. The highest BCUT2D eigenvalue weighted by Crippen LogP contribution is 2.28. The van der Waals surface area contributed by atoms with E-state index in [1.54, 1.807) is 20.9 Å². The van der Waals surface area contributed by atoms with Gasteiger partial charge in [-0.25, -0.2) is 8.42 Å². The van der Waals surface area contributed by atoms with Crippen molar-refractivity contribution in [2.24, 2.45) is 4.99 Å². The van der Waals surface area contributed by atoms with E-state index in [2.05, 4.69) is 26.3 Å². The molecule has 2 heterocycles. The fraction of sp³-hybridized carbons (Fsp3) is 0.765. The summed E-state index contributed by atoms with van der Waals surface area (Å²) in [7, 11) is -1.32. The van der Waals surface area contributed by atoms with Crippen LogP contribution in [-0.4, -0.2) is 59.7 Å². The van der Waals surface area contributed by atoms with Crippen molar-refractivity contribution in [1.82, 2.24) is 20.0 Å². The SMILES string of the molecule is CN=C(NCc1ccn(C2CCCC2)n1)N1CCS(=O)(=O)C(C)(C)C1. The molecule has 1 aliphatic heterocycles. The average molecular weight is 368 g/mol. The van der Waals surface area contributed by atoms with Crippen molar-refractivity contribution in [1.29, 1.82) is 0 Å². The van der Waals surface area contributed by atoms with E-state index < -0.39 is 14.6 Å². The summed E-state index contributed by atoms with van der Waals surface area (Å²) in [6.07, 6.45) is 7.07. The number of guanidine groups is 1. The lowest BCUT2D eigenvalue weighted by atomic mass is 10.2. The normalized spacial score (nSPS) is 23.8. The van der Waals surface area contributed by atoms with Gasteiger partial charge in [0.25, 0.3) is 0 Å². The summed E-state index contributed by atoms with van der Waals surface area (Å²) in [4.78, 5) is 6.35. The molecule has 0 spiro atoms. The number of hydrogen-bond donors (Lipinski definition) is 1. The van der Waals surface area contributed by atoms with E-state index >= 15 is 0 Å². The van der Waals surface area contributed by atoms with Crippen LogP contribution in [0.1, 0.15) is 51.3 Å². The van der Waals surface area contributed by atoms with Crippen LogP contribution in [0.5, 0.6) is 0 Å². The molecule has 25 heavy (non-hydrogen) atoms. The van der Waals surface area contributed by atoms with Crippen LogP contribution in [0.25, 0.3) is 0 Å². The number of aliphatic imine (C=N–C) groups is 1. The van der Waals surface area contributed by atoms with E-state index in [0.29, 0.717) is 25.7 Å². The molecule has 0 unspecified atom stereocenters. The Morgan fingerprint density at radius 1 is 1.40 bits per heavy atom. The Morgan fingerprint density at radius 3 is 2.76 bits per heavy atom. The highest BCUT2D eigenvalue weighted by atomic mass is 32.2. The third-order valence-corrected chi connectivity index (χ3v) is 7.88. The summed E-state index contributed by atoms with van der Waals surface area (Å²) in [5, 5.41) is 8.01. The monoisotopic (exact) mass is 367 g/mol. The fourth-order valence-corrected chi connectivity index (χ4v) is 5.04. The van der Waals surface area contributed by atoms with Crippen molar-refractivity contribution in [3.8, 4) is 0 Å². The number of sulfone groups is 1. The maximum atomic E-state index is 12.2. The molecule has 1 saturated heterocycles. The van der Waals surface area contributed by atoms with Gasteiger partial charge in [0, 0.05) is 26.3 Å². The van der Waals surface area contributed by atoms with Gasteiger partial charge in [-0.3, -0.25) is 9.67 Å². The minimum Gasteiger partial charge on any atom is -0.351 e. The van der Waals surface area contributed by atoms with Crippen LogP contribution in [0.3, 0.4) is 0 Å². The van der Waals surface area contributed by atoms with Crippen LogP contribution >= 0.6 is 0 Å². The van der Waals surface area contributed by atoms with E-state index in [9.17, 15) is 8.42 Å². The molecule has 7 nitrogen and oxygen atoms in total. The smallest absolute Gasteiger partial charge is 0.194 e. The number of rotatable bonds is 3. The van der Waals surface area contributed by atoms with E-state index in [0.717, 1.165) is 11.7 Å². The average Bonchev–Trinajstić information content (AvgIpc) is 3.22. The van der Waals surface area contributed by atoms with E-state index in [-0.39, 0.29) is 5.75 Å². The second-order valence-corrected chi connectivity index (χ2v) is 10.4. The Kier molecular flexibility index (Phi) is 5.09. The van der Waals surface area contributed by atoms with Crippen molar-refractivity contribution >= 4 is 15.8 Å². The first kappa shape index (κ1) is 18.2. The van der Waals surface area contributed by atoms with Crippen LogP contribution in [0, 0.1) is 0 Å². The molecule has 1 N–H and O–H groups in total. The summed E-state index contributed by atoms with van der Waals surface area (Å²) < 4.78 is 25.7. The van der Waals surface area contributed by atoms with Gasteiger partial charge in [-0.05, 0) is 32.8 Å². The van der Waals surface area contributed by atoms with Crippen LogP contribution in [0.4, 0.5) is 0 Å². The molecule has 0 amide bonds. The Labute approximate surface area is 150 Å². The Hall–Kier alpha value is -1.57. The standard InChI is InChI=1S/C17H29N5O2S/c1-17(2)13-21(10-11-25(17,23)24)16(18-3)19-12-14-8-9-22(20-14)15-6-4-5-7-15/h8-9,15H,4-7,10-13H2,1-3H3,(H,18,19). The molecule has 8 heteroatoms. The zero-order valence-corrected chi connectivity index (χ0v) is 16.2. The van der Waals surface area contributed by atoms with Crippen LogP contribution in [0.2, 0.25) is 0 Å². The predicted octanol–water partition coefficient (Wildman–Crippen LogP) is 1.58. The minimum absolute atomic E-state index is 0.164. The number of aromatic nitrogens is 2. The molecule has 2 fully saturated rings. The molecule has 0 bridgehead atoms. The Bertz CT molecular complexity index is 732. The molecule has 0 radical (unpaired) electrons. The van der Waals surface area contributed by atoms with Gasteiger partial charge in [0.05, 0.1) is 28.8 Å². The first-order chi connectivity index (χ1) is 11.8. The fourth-order valence-electron chi connectivity index (χ4n) is 3.67. The second kappa shape index (κ2) is 6.97. The topological polar surface area (TPSA) is 79.6 Å². The largest absolute Gasteiger partial charge is 0.351 e. The summed E-state index contributed by atoms with van der Waals surface area (Å²) >= 11 is 0. The lowest BCUT2D eigenvalue weighted by molar-refractivity contribution is 0.353. The maximum Gasteiger partial charge on any atom is 0.194 e. The zero-order valence-electron chi connectivity index (χ0n) is 15.4. The second-order valence-electron chi connectivity index (χ2n) is 7.63. The summed E-state index contributed by atoms with van der Waals surface area (Å²) in [5.74, 6) is 0.898. The molecule has 1 aliphatic carbocycles. The Balaban J connectivity index is 1.60. The van der Waals surface area contributed by atoms with Crippen molar-refractivity contribution in [2.75, 3.05) is 25.9 Å². The lowest BCUT2D eigenvalue weighted by Crippen LogP contribution is -2.57. The number of nitrogens with zero attached hydrogens (tertiary/aromatic N) is 4. The van der Waals surface area contributed by atoms with Crippen molar-refractivity contribution in [2.45, 2.75) is 56.9 Å². The predicted molar refractivity (Wildman–Crippen MR) is 99.4 cm³/mol. The molecule has 3 rings (SSSR count). The molecule has 1 aromatic heterocycles. The zero-order chi connectivity index (χ0) is 18.1. The molecular formula is C17H29N5O2S. The van der Waals surface area contributed by atoms with Gasteiger partial charge in [-0.2, -0.15) is 5.10 Å². The molecule has 1 saturated carbocycles. The van der Waals surface area contributed by atoms with Gasteiger partial charge in [-0.15, -0.1) is 0 Å². The lowest BCUT2D eigenvalue weighted by Gasteiger charge is -2.39. The molecule has 140 valence electrons. The molecule has 2 aliphatic rings. The number of nitrogens with one attached hydrogen (secondary N) is 1. The van der Waals surface area contributed by atoms with Crippen molar-refractivity contribution in [3.05, 3.63) is 18.0 Å². The maximum absolute atomic E-state index is 12.2. The van der Waals surface area contributed by atoms with Crippen molar-refractivity contribution < 1.29 is 8.42 Å². The van der Waals surface area contributed by atoms with Gasteiger partial charge >= 0.3 is 0 Å². The van der Waals surface area contributed by atoms with E-state index in [1.807, 2.05) is 11.0 Å². The van der Waals surface area contributed by atoms with E-state index in [4.69, 9.17) is 0 Å². The summed E-state index contributed by atoms with van der Waals surface area (Å²) in [5.41, 5.74) is 0.983. The van der Waals surface area contributed by atoms with Gasteiger partial charge < -0.3 is 10.2 Å². The first-order valence-electron chi connectivity index (χ1n) is 9.04. The Morgan fingerprint density at radius 2 is 2.12 bits per heavy atom. The summed E-state index contributed by atoms with van der Waals surface area (Å²) in [6.45, 7) is 5.08. The van der Waals surface area contributed by atoms with Gasteiger partial charge in [0.1, 0.15) is 0 Å². The molecular weight excluding hydrogens is 338 g/mol. The first-order valence-corrected chi connectivity index (χ1v) is 10.7. The third-order valence-electron chi connectivity index (χ3n) is 5.34. The molecule has 0 atom stereocenters. The minimum atomic E-state index is -3.05.